The van der Waals surface area contributed by atoms with Gasteiger partial charge in [0, 0.05) is 19.7 Å². The van der Waals surface area contributed by atoms with Crippen LogP contribution < -0.4 is 5.32 Å². The van der Waals surface area contributed by atoms with Gasteiger partial charge in [-0.3, -0.25) is 0 Å². The monoisotopic (exact) mass is 173 g/mol. The fourth-order valence-corrected chi connectivity index (χ4v) is 1.24. The molecule has 0 amide bonds. The van der Waals surface area contributed by atoms with Gasteiger partial charge in [-0.25, -0.2) is 0 Å². The van der Waals surface area contributed by atoms with E-state index in [-0.39, 0.29) is 0 Å². The van der Waals surface area contributed by atoms with Gasteiger partial charge in [0.25, 0.3) is 0 Å². The van der Waals surface area contributed by atoms with Gasteiger partial charge in [-0.2, -0.15) is 0 Å². The van der Waals surface area contributed by atoms with E-state index < -0.39 is 0 Å². The molecule has 0 aromatic rings. The lowest BCUT2D eigenvalue weighted by atomic mass is 10.1. The Balaban J connectivity index is 3.36. The summed E-state index contributed by atoms with van der Waals surface area (Å²) in [5.74, 6) is 0.769. The molecule has 0 heterocycles. The summed E-state index contributed by atoms with van der Waals surface area (Å²) in [5.41, 5.74) is 0. The summed E-state index contributed by atoms with van der Waals surface area (Å²) in [4.78, 5) is 0. The van der Waals surface area contributed by atoms with Crippen molar-refractivity contribution >= 4 is 0 Å². The molecule has 1 N–H and O–H groups in total. The first-order valence-electron chi connectivity index (χ1n) is 4.82. The van der Waals surface area contributed by atoms with E-state index in [4.69, 9.17) is 4.74 Å². The predicted molar refractivity (Wildman–Crippen MR) is 53.4 cm³/mol. The average molecular weight is 173 g/mol. The first kappa shape index (κ1) is 11.9. The third-order valence-corrected chi connectivity index (χ3v) is 1.98. The Morgan fingerprint density at radius 3 is 2.17 bits per heavy atom. The van der Waals surface area contributed by atoms with Crippen LogP contribution in [0.25, 0.3) is 0 Å². The largest absolute Gasteiger partial charge is 0.380 e. The Morgan fingerprint density at radius 2 is 1.75 bits per heavy atom. The lowest BCUT2D eigenvalue weighted by Gasteiger charge is -2.18. The second kappa shape index (κ2) is 6.44. The number of ether oxygens (including phenoxy) is 1. The third-order valence-electron chi connectivity index (χ3n) is 1.98. The minimum Gasteiger partial charge on any atom is -0.380 e. The number of hydrogen-bond donors (Lipinski definition) is 1. The van der Waals surface area contributed by atoms with Crippen molar-refractivity contribution in [2.24, 2.45) is 5.92 Å². The maximum Gasteiger partial charge on any atom is 0.0667 e. The van der Waals surface area contributed by atoms with Crippen molar-refractivity contribution in [1.82, 2.24) is 5.32 Å². The van der Waals surface area contributed by atoms with Crippen LogP contribution in [0, 0.1) is 5.92 Å². The molecule has 0 fully saturated rings. The fraction of sp³-hybridized carbons (Fsp3) is 1.00. The summed E-state index contributed by atoms with van der Waals surface area (Å²) >= 11 is 0. The highest BCUT2D eigenvalue weighted by Gasteiger charge is 2.05. The van der Waals surface area contributed by atoms with E-state index in [0.29, 0.717) is 12.1 Å². The molecule has 0 bridgehead atoms. The number of rotatable bonds is 6. The lowest BCUT2D eigenvalue weighted by Crippen LogP contribution is -2.34. The van der Waals surface area contributed by atoms with Crippen molar-refractivity contribution in [3.63, 3.8) is 0 Å². The Bertz CT molecular complexity index is 104. The van der Waals surface area contributed by atoms with Gasteiger partial charge in [-0.15, -0.1) is 0 Å². The Morgan fingerprint density at radius 1 is 1.17 bits per heavy atom. The third kappa shape index (κ3) is 6.62. The van der Waals surface area contributed by atoms with Gasteiger partial charge in [-0.1, -0.05) is 13.8 Å². The minimum atomic E-state index is 0.319. The number of methoxy groups -OCH3 is 1. The van der Waals surface area contributed by atoms with Gasteiger partial charge in [0.15, 0.2) is 0 Å². The highest BCUT2D eigenvalue weighted by atomic mass is 16.5. The molecule has 2 unspecified atom stereocenters. The van der Waals surface area contributed by atoms with Gasteiger partial charge in [0.2, 0.25) is 0 Å². The van der Waals surface area contributed by atoms with E-state index in [9.17, 15) is 0 Å². The molecule has 2 atom stereocenters. The van der Waals surface area contributed by atoms with Crippen LogP contribution >= 0.6 is 0 Å². The first-order valence-corrected chi connectivity index (χ1v) is 4.82. The van der Waals surface area contributed by atoms with Crippen LogP contribution in [0.4, 0.5) is 0 Å². The fourth-order valence-electron chi connectivity index (χ4n) is 1.24. The van der Waals surface area contributed by atoms with Crippen LogP contribution in [0.15, 0.2) is 0 Å². The van der Waals surface area contributed by atoms with Gasteiger partial charge < -0.3 is 10.1 Å². The zero-order valence-electron chi connectivity index (χ0n) is 9.05. The predicted octanol–water partition coefficient (Wildman–Crippen LogP) is 2.05. The van der Waals surface area contributed by atoms with Crippen LogP contribution in [0.3, 0.4) is 0 Å². The Hall–Kier alpha value is -0.0800. The smallest absolute Gasteiger partial charge is 0.0667 e. The highest BCUT2D eigenvalue weighted by molar-refractivity contribution is 4.64. The minimum absolute atomic E-state index is 0.319. The zero-order valence-corrected chi connectivity index (χ0v) is 9.05. The van der Waals surface area contributed by atoms with E-state index in [0.717, 1.165) is 12.5 Å². The second-order valence-corrected chi connectivity index (χ2v) is 3.99. The van der Waals surface area contributed by atoms with Crippen LogP contribution in [-0.4, -0.2) is 25.8 Å². The van der Waals surface area contributed by atoms with Crippen LogP contribution in [0.2, 0.25) is 0 Å². The van der Waals surface area contributed by atoms with E-state index in [1.807, 2.05) is 0 Å². The second-order valence-electron chi connectivity index (χ2n) is 3.99. The molecule has 12 heavy (non-hydrogen) atoms. The molecular weight excluding hydrogens is 150 g/mol. The molecule has 2 nitrogen and oxygen atoms in total. The molecule has 74 valence electrons. The molecule has 0 aromatic carbocycles. The van der Waals surface area contributed by atoms with E-state index in [1.165, 1.54) is 6.42 Å². The van der Waals surface area contributed by atoms with Crippen molar-refractivity contribution in [3.05, 3.63) is 0 Å². The van der Waals surface area contributed by atoms with Crippen LogP contribution in [0.1, 0.15) is 34.1 Å². The molecule has 0 aliphatic carbocycles. The molecule has 0 aromatic heterocycles. The maximum atomic E-state index is 5.14. The molecular formula is C10H23NO. The number of hydrogen-bond acceptors (Lipinski definition) is 2. The summed E-state index contributed by atoms with van der Waals surface area (Å²) in [6, 6.07) is 0.600. The summed E-state index contributed by atoms with van der Waals surface area (Å²) in [5, 5.41) is 3.44. The molecule has 0 spiro atoms. The molecule has 0 aliphatic heterocycles. The molecule has 0 saturated carbocycles. The average Bonchev–Trinajstić information content (AvgIpc) is 1.99. The van der Waals surface area contributed by atoms with Gasteiger partial charge in [-0.05, 0) is 26.2 Å². The lowest BCUT2D eigenvalue weighted by molar-refractivity contribution is 0.114. The topological polar surface area (TPSA) is 21.3 Å². The van der Waals surface area contributed by atoms with Crippen molar-refractivity contribution in [1.29, 1.82) is 0 Å². The van der Waals surface area contributed by atoms with E-state index in [2.05, 4.69) is 33.0 Å². The molecule has 0 radical (unpaired) electrons. The quantitative estimate of drug-likeness (QED) is 0.663. The molecule has 0 rings (SSSR count). The number of nitrogens with one attached hydrogen (secondary N) is 1. The van der Waals surface area contributed by atoms with Crippen LogP contribution in [-0.2, 0) is 4.74 Å². The first-order chi connectivity index (χ1) is 5.56. The van der Waals surface area contributed by atoms with Gasteiger partial charge >= 0.3 is 0 Å². The van der Waals surface area contributed by atoms with Crippen LogP contribution in [0.5, 0.6) is 0 Å². The Kier molecular flexibility index (Phi) is 6.39. The van der Waals surface area contributed by atoms with Crippen molar-refractivity contribution in [2.45, 2.75) is 46.3 Å². The summed E-state index contributed by atoms with van der Waals surface area (Å²) in [6.07, 6.45) is 1.55. The SMILES string of the molecule is COC(C)CNC(C)CC(C)C. The maximum absolute atomic E-state index is 5.14. The summed E-state index contributed by atoms with van der Waals surface area (Å²) in [7, 11) is 1.75. The summed E-state index contributed by atoms with van der Waals surface area (Å²) < 4.78 is 5.14. The molecule has 0 aliphatic rings. The molecule has 2 heteroatoms. The van der Waals surface area contributed by atoms with E-state index in [1.54, 1.807) is 7.11 Å². The van der Waals surface area contributed by atoms with Gasteiger partial charge in [0.1, 0.15) is 0 Å². The normalized spacial score (nSPS) is 16.5. The van der Waals surface area contributed by atoms with Crippen molar-refractivity contribution in [2.75, 3.05) is 13.7 Å². The summed E-state index contributed by atoms with van der Waals surface area (Å²) in [6.45, 7) is 9.75. The van der Waals surface area contributed by atoms with Gasteiger partial charge in [0.05, 0.1) is 6.10 Å². The Labute approximate surface area is 76.7 Å². The standard InChI is InChI=1S/C10H23NO/c1-8(2)6-9(3)11-7-10(4)12-5/h8-11H,6-7H2,1-5H3. The van der Waals surface area contributed by atoms with Crippen molar-refractivity contribution < 1.29 is 4.74 Å². The van der Waals surface area contributed by atoms with E-state index >= 15 is 0 Å². The molecule has 0 saturated heterocycles. The highest BCUT2D eigenvalue weighted by Crippen LogP contribution is 2.03. The zero-order chi connectivity index (χ0) is 9.56. The van der Waals surface area contributed by atoms with Crippen molar-refractivity contribution in [3.8, 4) is 0 Å².